The summed E-state index contributed by atoms with van der Waals surface area (Å²) in [5.74, 6) is 2.64. The Morgan fingerprint density at radius 1 is 1.03 bits per heavy atom. The zero-order valence-corrected chi connectivity index (χ0v) is 16.6. The number of nitrogens with zero attached hydrogens (tertiary/aromatic N) is 6. The van der Waals surface area contributed by atoms with Crippen LogP contribution in [0.1, 0.15) is 19.3 Å². The molecule has 1 amide bonds. The maximum Gasteiger partial charge on any atom is 0.252 e. The molecular weight excluding hydrogens is 382 g/mol. The number of ether oxygens (including phenoxy) is 1. The van der Waals surface area contributed by atoms with Gasteiger partial charge in [-0.2, -0.15) is 5.10 Å². The third-order valence-corrected chi connectivity index (χ3v) is 5.71. The number of carbonyl (C=O) groups excluding carboxylic acids is 1. The van der Waals surface area contributed by atoms with Gasteiger partial charge in [0, 0.05) is 37.7 Å². The minimum absolute atomic E-state index is 0.0117. The van der Waals surface area contributed by atoms with Gasteiger partial charge in [-0.15, -0.1) is 0 Å². The molecule has 0 spiro atoms. The van der Waals surface area contributed by atoms with Crippen molar-refractivity contribution < 1.29 is 9.53 Å². The monoisotopic (exact) mass is 405 g/mol. The first-order valence-electron chi connectivity index (χ1n) is 10.2. The molecule has 30 heavy (non-hydrogen) atoms. The number of aromatic nitrogens is 5. The van der Waals surface area contributed by atoms with Gasteiger partial charge in [-0.3, -0.25) is 14.8 Å². The molecule has 4 heterocycles. The summed E-state index contributed by atoms with van der Waals surface area (Å²) in [7, 11) is 0. The van der Waals surface area contributed by atoms with E-state index in [4.69, 9.17) is 4.74 Å². The molecule has 3 aromatic rings. The standard InChI is InChI=1S/C21H23N7O2/c29-18-13-27(10-5-15-6-11-30-12-7-15)20-21(23-9-8-22-20)28(18)17-3-1-16(2-4-17)19-24-14-25-26-19/h1-4,8-9,14-15H,5-7,10-13H2,(H,24,25,26). The molecule has 0 unspecified atom stereocenters. The number of rotatable bonds is 5. The Kier molecular flexibility index (Phi) is 5.10. The van der Waals surface area contributed by atoms with Crippen molar-refractivity contribution in [2.24, 2.45) is 5.92 Å². The first-order chi connectivity index (χ1) is 14.8. The van der Waals surface area contributed by atoms with E-state index in [-0.39, 0.29) is 5.91 Å². The number of hydrogen-bond donors (Lipinski definition) is 1. The lowest BCUT2D eigenvalue weighted by molar-refractivity contribution is -0.116. The number of anilines is 3. The van der Waals surface area contributed by atoms with Crippen molar-refractivity contribution in [1.82, 2.24) is 25.1 Å². The number of aromatic amines is 1. The quantitative estimate of drug-likeness (QED) is 0.696. The Morgan fingerprint density at radius 2 is 1.80 bits per heavy atom. The highest BCUT2D eigenvalue weighted by molar-refractivity contribution is 6.06. The van der Waals surface area contributed by atoms with Gasteiger partial charge in [-0.05, 0) is 49.4 Å². The van der Waals surface area contributed by atoms with Crippen LogP contribution in [-0.2, 0) is 9.53 Å². The van der Waals surface area contributed by atoms with Crippen LogP contribution in [0, 0.1) is 5.92 Å². The summed E-state index contributed by atoms with van der Waals surface area (Å²) in [5.41, 5.74) is 1.66. The van der Waals surface area contributed by atoms with Crippen LogP contribution < -0.4 is 9.80 Å². The van der Waals surface area contributed by atoms with Gasteiger partial charge in [-0.25, -0.2) is 15.0 Å². The molecule has 9 heteroatoms. The average molecular weight is 405 g/mol. The molecule has 5 rings (SSSR count). The van der Waals surface area contributed by atoms with Crippen molar-refractivity contribution in [1.29, 1.82) is 0 Å². The lowest BCUT2D eigenvalue weighted by Gasteiger charge is -2.36. The maximum absolute atomic E-state index is 13.1. The number of nitrogens with one attached hydrogen (secondary N) is 1. The van der Waals surface area contributed by atoms with E-state index >= 15 is 0 Å². The van der Waals surface area contributed by atoms with Gasteiger partial charge in [0.05, 0.1) is 12.2 Å². The molecule has 1 fully saturated rings. The van der Waals surface area contributed by atoms with E-state index in [0.29, 0.717) is 24.1 Å². The Bertz CT molecular complexity index is 1000. The number of fused-ring (bicyclic) bond motifs is 1. The van der Waals surface area contributed by atoms with E-state index in [1.807, 2.05) is 24.3 Å². The second kappa shape index (κ2) is 8.19. The smallest absolute Gasteiger partial charge is 0.252 e. The van der Waals surface area contributed by atoms with Crippen molar-refractivity contribution in [3.8, 4) is 11.4 Å². The topological polar surface area (TPSA) is 100 Å². The molecule has 154 valence electrons. The summed E-state index contributed by atoms with van der Waals surface area (Å²) in [6.45, 7) is 2.74. The second-order valence-electron chi connectivity index (χ2n) is 7.58. The van der Waals surface area contributed by atoms with E-state index in [0.717, 1.165) is 56.1 Å². The summed E-state index contributed by atoms with van der Waals surface area (Å²) in [6, 6.07) is 7.62. The van der Waals surface area contributed by atoms with Gasteiger partial charge in [0.15, 0.2) is 17.5 Å². The molecule has 2 aliphatic rings. The number of amides is 1. The molecule has 1 aromatic carbocycles. The van der Waals surface area contributed by atoms with Crippen LogP contribution in [0.2, 0.25) is 0 Å². The molecule has 1 N–H and O–H groups in total. The molecule has 0 saturated carbocycles. The normalized spacial score (nSPS) is 17.3. The summed E-state index contributed by atoms with van der Waals surface area (Å²) in [5, 5.41) is 6.73. The van der Waals surface area contributed by atoms with Crippen molar-refractivity contribution in [3.05, 3.63) is 43.0 Å². The van der Waals surface area contributed by atoms with Crippen molar-refractivity contribution >= 4 is 23.2 Å². The van der Waals surface area contributed by atoms with E-state index in [2.05, 4.69) is 30.0 Å². The van der Waals surface area contributed by atoms with Crippen molar-refractivity contribution in [2.75, 3.05) is 36.1 Å². The second-order valence-corrected chi connectivity index (χ2v) is 7.58. The van der Waals surface area contributed by atoms with Gasteiger partial charge in [0.2, 0.25) is 0 Å². The molecule has 1 saturated heterocycles. The highest BCUT2D eigenvalue weighted by atomic mass is 16.5. The lowest BCUT2D eigenvalue weighted by Crippen LogP contribution is -2.45. The Hall–Kier alpha value is -3.33. The van der Waals surface area contributed by atoms with Gasteiger partial charge in [0.1, 0.15) is 6.33 Å². The summed E-state index contributed by atoms with van der Waals surface area (Å²) in [4.78, 5) is 30.0. The molecule has 0 radical (unpaired) electrons. The predicted molar refractivity (Wildman–Crippen MR) is 111 cm³/mol. The number of carbonyl (C=O) groups is 1. The van der Waals surface area contributed by atoms with Crippen LogP contribution in [0.3, 0.4) is 0 Å². The van der Waals surface area contributed by atoms with E-state index in [1.165, 1.54) is 6.33 Å². The van der Waals surface area contributed by atoms with Crippen LogP contribution in [-0.4, -0.2) is 57.4 Å². The maximum atomic E-state index is 13.1. The minimum atomic E-state index is -0.0117. The fraction of sp³-hybridized carbons (Fsp3) is 0.381. The summed E-state index contributed by atoms with van der Waals surface area (Å²) in [6.07, 6.45) is 7.97. The first-order valence-corrected chi connectivity index (χ1v) is 10.2. The van der Waals surface area contributed by atoms with E-state index < -0.39 is 0 Å². The highest BCUT2D eigenvalue weighted by Gasteiger charge is 2.33. The Morgan fingerprint density at radius 3 is 2.53 bits per heavy atom. The van der Waals surface area contributed by atoms with Gasteiger partial charge in [0.25, 0.3) is 5.91 Å². The predicted octanol–water partition coefficient (Wildman–Crippen LogP) is 2.56. The number of hydrogen-bond acceptors (Lipinski definition) is 7. The lowest BCUT2D eigenvalue weighted by atomic mass is 9.96. The zero-order chi connectivity index (χ0) is 20.3. The van der Waals surface area contributed by atoms with E-state index in [1.54, 1.807) is 17.3 Å². The third kappa shape index (κ3) is 3.63. The summed E-state index contributed by atoms with van der Waals surface area (Å²) >= 11 is 0. The molecular formula is C21H23N7O2. The van der Waals surface area contributed by atoms with Crippen molar-refractivity contribution in [3.63, 3.8) is 0 Å². The Balaban J connectivity index is 1.38. The van der Waals surface area contributed by atoms with Crippen LogP contribution in [0.5, 0.6) is 0 Å². The number of H-pyrrole nitrogens is 1. The molecule has 9 nitrogen and oxygen atoms in total. The molecule has 2 aromatic heterocycles. The molecule has 0 bridgehead atoms. The highest BCUT2D eigenvalue weighted by Crippen LogP contribution is 2.36. The van der Waals surface area contributed by atoms with Gasteiger partial charge in [-0.1, -0.05) is 0 Å². The largest absolute Gasteiger partial charge is 0.381 e. The average Bonchev–Trinajstić information content (AvgIpc) is 3.33. The fourth-order valence-corrected chi connectivity index (χ4v) is 4.07. The van der Waals surface area contributed by atoms with Crippen molar-refractivity contribution in [2.45, 2.75) is 19.3 Å². The van der Waals surface area contributed by atoms with Gasteiger partial charge < -0.3 is 9.64 Å². The zero-order valence-electron chi connectivity index (χ0n) is 16.6. The third-order valence-electron chi connectivity index (χ3n) is 5.71. The SMILES string of the molecule is O=C1CN(CCC2CCOCC2)c2nccnc2N1c1ccc(-c2ncn[nH]2)cc1. The van der Waals surface area contributed by atoms with Crippen LogP contribution in [0.25, 0.3) is 11.4 Å². The molecule has 0 atom stereocenters. The van der Waals surface area contributed by atoms with Crippen LogP contribution >= 0.6 is 0 Å². The van der Waals surface area contributed by atoms with Crippen LogP contribution in [0.4, 0.5) is 17.3 Å². The number of benzene rings is 1. The summed E-state index contributed by atoms with van der Waals surface area (Å²) < 4.78 is 5.45. The first kappa shape index (κ1) is 18.7. The molecule has 0 aliphatic carbocycles. The van der Waals surface area contributed by atoms with Gasteiger partial charge >= 0.3 is 0 Å². The Labute approximate surface area is 174 Å². The van der Waals surface area contributed by atoms with E-state index in [9.17, 15) is 4.79 Å². The fourth-order valence-electron chi connectivity index (χ4n) is 4.07. The molecule has 2 aliphatic heterocycles. The minimum Gasteiger partial charge on any atom is -0.381 e. The van der Waals surface area contributed by atoms with Crippen LogP contribution in [0.15, 0.2) is 43.0 Å².